The number of carboxylic acid groups (broad SMARTS) is 1. The number of thiazole rings is 1. The van der Waals surface area contributed by atoms with Gasteiger partial charge in [-0.15, -0.1) is 11.3 Å². The molecule has 0 saturated heterocycles. The molecule has 94 valence electrons. The second-order valence-electron chi connectivity index (χ2n) is 4.11. The van der Waals surface area contributed by atoms with Crippen LogP contribution in [0.1, 0.15) is 34.6 Å². The summed E-state index contributed by atoms with van der Waals surface area (Å²) in [5, 5.41) is 12.8. The van der Waals surface area contributed by atoms with E-state index in [0.717, 1.165) is 5.56 Å². The summed E-state index contributed by atoms with van der Waals surface area (Å²) in [6, 6.07) is 8.20. The molecule has 1 heterocycles. The molecule has 4 nitrogen and oxygen atoms in total. The van der Waals surface area contributed by atoms with Gasteiger partial charge in [0.05, 0.1) is 5.51 Å². The van der Waals surface area contributed by atoms with E-state index >= 15 is 0 Å². The van der Waals surface area contributed by atoms with E-state index in [-0.39, 0.29) is 11.7 Å². The van der Waals surface area contributed by atoms with Crippen molar-refractivity contribution in [3.05, 3.63) is 46.6 Å². The molecule has 2 rings (SSSR count). The number of rotatable bonds is 4. The SMILES string of the molecule is Cc1ccc(C(C)Nc2scnc2C(=O)O)cc1. The van der Waals surface area contributed by atoms with E-state index in [4.69, 9.17) is 5.11 Å². The van der Waals surface area contributed by atoms with Gasteiger partial charge in [-0.05, 0) is 19.4 Å². The highest BCUT2D eigenvalue weighted by molar-refractivity contribution is 7.14. The van der Waals surface area contributed by atoms with E-state index in [1.807, 2.05) is 38.1 Å². The highest BCUT2D eigenvalue weighted by atomic mass is 32.1. The quantitative estimate of drug-likeness (QED) is 0.887. The number of nitrogens with zero attached hydrogens (tertiary/aromatic N) is 1. The maximum absolute atomic E-state index is 10.9. The lowest BCUT2D eigenvalue weighted by Gasteiger charge is -2.14. The van der Waals surface area contributed by atoms with Crippen molar-refractivity contribution in [1.82, 2.24) is 4.98 Å². The lowest BCUT2D eigenvalue weighted by atomic mass is 10.1. The van der Waals surface area contributed by atoms with E-state index in [0.29, 0.717) is 5.00 Å². The summed E-state index contributed by atoms with van der Waals surface area (Å²) in [6.45, 7) is 4.03. The summed E-state index contributed by atoms with van der Waals surface area (Å²) < 4.78 is 0. The first-order chi connectivity index (χ1) is 8.58. The third kappa shape index (κ3) is 2.68. The molecule has 1 unspecified atom stereocenters. The van der Waals surface area contributed by atoms with Crippen LogP contribution in [0.4, 0.5) is 5.00 Å². The van der Waals surface area contributed by atoms with Crippen LogP contribution in [0.3, 0.4) is 0 Å². The Labute approximate surface area is 109 Å². The molecule has 0 aliphatic heterocycles. The van der Waals surface area contributed by atoms with Crippen LogP contribution >= 0.6 is 11.3 Å². The van der Waals surface area contributed by atoms with Crippen molar-refractivity contribution in [1.29, 1.82) is 0 Å². The maximum Gasteiger partial charge on any atom is 0.357 e. The number of nitrogens with one attached hydrogen (secondary N) is 1. The lowest BCUT2D eigenvalue weighted by Crippen LogP contribution is -2.09. The zero-order valence-corrected chi connectivity index (χ0v) is 11.0. The fraction of sp³-hybridized carbons (Fsp3) is 0.231. The molecule has 0 spiro atoms. The van der Waals surface area contributed by atoms with Gasteiger partial charge < -0.3 is 10.4 Å². The molecule has 1 aromatic carbocycles. The van der Waals surface area contributed by atoms with Crippen LogP contribution in [0.5, 0.6) is 0 Å². The van der Waals surface area contributed by atoms with Crippen molar-refractivity contribution < 1.29 is 9.90 Å². The summed E-state index contributed by atoms with van der Waals surface area (Å²) in [7, 11) is 0. The van der Waals surface area contributed by atoms with Crippen LogP contribution in [0, 0.1) is 6.92 Å². The number of aromatic nitrogens is 1. The second kappa shape index (κ2) is 5.18. The fourth-order valence-corrected chi connectivity index (χ4v) is 2.40. The lowest BCUT2D eigenvalue weighted by molar-refractivity contribution is 0.0692. The Morgan fingerprint density at radius 2 is 2.06 bits per heavy atom. The normalized spacial score (nSPS) is 12.1. The molecule has 2 N–H and O–H groups in total. The first-order valence-corrected chi connectivity index (χ1v) is 6.46. The van der Waals surface area contributed by atoms with Crippen molar-refractivity contribution in [2.75, 3.05) is 5.32 Å². The zero-order valence-electron chi connectivity index (χ0n) is 10.2. The van der Waals surface area contributed by atoms with Gasteiger partial charge in [-0.3, -0.25) is 0 Å². The molecule has 1 atom stereocenters. The summed E-state index contributed by atoms with van der Waals surface area (Å²) in [4.78, 5) is 14.8. The number of aryl methyl sites for hydroxylation is 1. The monoisotopic (exact) mass is 262 g/mol. The topological polar surface area (TPSA) is 62.2 Å². The maximum atomic E-state index is 10.9. The molecule has 0 amide bonds. The van der Waals surface area contributed by atoms with Crippen LogP contribution < -0.4 is 5.32 Å². The minimum absolute atomic E-state index is 0.0455. The van der Waals surface area contributed by atoms with Gasteiger partial charge in [-0.25, -0.2) is 9.78 Å². The Morgan fingerprint density at radius 1 is 1.39 bits per heavy atom. The summed E-state index contributed by atoms with van der Waals surface area (Å²) in [6.07, 6.45) is 0. The number of anilines is 1. The van der Waals surface area contributed by atoms with E-state index in [9.17, 15) is 4.79 Å². The molecular formula is C13H14N2O2S. The Balaban J connectivity index is 2.16. The molecule has 0 saturated carbocycles. The first kappa shape index (κ1) is 12.6. The van der Waals surface area contributed by atoms with Crippen molar-refractivity contribution in [3.63, 3.8) is 0 Å². The van der Waals surface area contributed by atoms with Gasteiger partial charge >= 0.3 is 5.97 Å². The van der Waals surface area contributed by atoms with E-state index in [1.165, 1.54) is 22.4 Å². The Morgan fingerprint density at radius 3 is 2.67 bits per heavy atom. The van der Waals surface area contributed by atoms with Gasteiger partial charge in [0.1, 0.15) is 5.00 Å². The van der Waals surface area contributed by atoms with Crippen molar-refractivity contribution >= 4 is 22.3 Å². The summed E-state index contributed by atoms with van der Waals surface area (Å²) >= 11 is 1.30. The minimum atomic E-state index is -1.00. The summed E-state index contributed by atoms with van der Waals surface area (Å²) in [5.41, 5.74) is 3.94. The molecule has 0 fully saturated rings. The van der Waals surface area contributed by atoms with Crippen molar-refractivity contribution in [3.8, 4) is 0 Å². The van der Waals surface area contributed by atoms with Crippen LogP contribution in [-0.2, 0) is 0 Å². The van der Waals surface area contributed by atoms with E-state index < -0.39 is 5.97 Å². The molecule has 0 aliphatic rings. The molecular weight excluding hydrogens is 248 g/mol. The van der Waals surface area contributed by atoms with Crippen LogP contribution in [-0.4, -0.2) is 16.1 Å². The highest BCUT2D eigenvalue weighted by Crippen LogP contribution is 2.25. The first-order valence-electron chi connectivity index (χ1n) is 5.58. The van der Waals surface area contributed by atoms with Gasteiger partial charge in [-0.1, -0.05) is 29.8 Å². The molecule has 0 bridgehead atoms. The fourth-order valence-electron chi connectivity index (χ4n) is 1.64. The molecule has 18 heavy (non-hydrogen) atoms. The van der Waals surface area contributed by atoms with Gasteiger partial charge in [0.25, 0.3) is 0 Å². The third-order valence-corrected chi connectivity index (χ3v) is 3.45. The number of hydrogen-bond donors (Lipinski definition) is 2. The second-order valence-corrected chi connectivity index (χ2v) is 4.97. The van der Waals surface area contributed by atoms with Gasteiger partial charge in [-0.2, -0.15) is 0 Å². The van der Waals surface area contributed by atoms with Crippen LogP contribution in [0.2, 0.25) is 0 Å². The Kier molecular flexibility index (Phi) is 3.62. The molecule has 2 aromatic rings. The minimum Gasteiger partial charge on any atom is -0.476 e. The number of carboxylic acids is 1. The number of benzene rings is 1. The Bertz CT molecular complexity index is 548. The third-order valence-electron chi connectivity index (χ3n) is 2.69. The molecule has 5 heteroatoms. The van der Waals surface area contributed by atoms with Gasteiger partial charge in [0.2, 0.25) is 0 Å². The number of hydrogen-bond acceptors (Lipinski definition) is 4. The highest BCUT2D eigenvalue weighted by Gasteiger charge is 2.15. The zero-order chi connectivity index (χ0) is 13.1. The van der Waals surface area contributed by atoms with E-state index in [1.54, 1.807) is 0 Å². The standard InChI is InChI=1S/C13H14N2O2S/c1-8-3-5-10(6-4-8)9(2)15-12-11(13(16)17)14-7-18-12/h3-7,9,15H,1-2H3,(H,16,17). The average molecular weight is 262 g/mol. The summed E-state index contributed by atoms with van der Waals surface area (Å²) in [5.74, 6) is -1.00. The predicted molar refractivity (Wildman–Crippen MR) is 72.3 cm³/mol. The molecule has 1 aromatic heterocycles. The molecule has 0 aliphatic carbocycles. The number of carbonyl (C=O) groups is 1. The van der Waals surface area contributed by atoms with E-state index in [2.05, 4.69) is 10.3 Å². The van der Waals surface area contributed by atoms with Gasteiger partial charge in [0.15, 0.2) is 5.69 Å². The number of aromatic carboxylic acids is 1. The predicted octanol–water partition coefficient (Wildman–Crippen LogP) is 3.32. The molecule has 0 radical (unpaired) electrons. The van der Waals surface area contributed by atoms with Gasteiger partial charge in [0, 0.05) is 6.04 Å². The van der Waals surface area contributed by atoms with Crippen LogP contribution in [0.15, 0.2) is 29.8 Å². The smallest absolute Gasteiger partial charge is 0.357 e. The largest absolute Gasteiger partial charge is 0.476 e. The van der Waals surface area contributed by atoms with Crippen molar-refractivity contribution in [2.45, 2.75) is 19.9 Å². The van der Waals surface area contributed by atoms with Crippen LogP contribution in [0.25, 0.3) is 0 Å². The van der Waals surface area contributed by atoms with Crippen molar-refractivity contribution in [2.24, 2.45) is 0 Å². The Hall–Kier alpha value is -1.88. The average Bonchev–Trinajstić information content (AvgIpc) is 2.78.